The van der Waals surface area contributed by atoms with Gasteiger partial charge >= 0.3 is 11.9 Å². The third-order valence-electron chi connectivity index (χ3n) is 2.73. The second-order valence-electron chi connectivity index (χ2n) is 4.82. The first-order valence-corrected chi connectivity index (χ1v) is 6.34. The first-order valence-electron chi connectivity index (χ1n) is 5.96. The number of nitro benzene ring substituents is 1. The lowest BCUT2D eigenvalue weighted by Gasteiger charge is -2.30. The van der Waals surface area contributed by atoms with E-state index in [2.05, 4.69) is 0 Å². The lowest BCUT2D eigenvalue weighted by Crippen LogP contribution is -2.42. The summed E-state index contributed by atoms with van der Waals surface area (Å²) in [6.07, 6.45) is 0. The zero-order chi connectivity index (χ0) is 16.7. The molecule has 0 radical (unpaired) electrons. The van der Waals surface area contributed by atoms with Crippen LogP contribution < -0.4 is 0 Å². The number of carbonyl (C=O) groups excluding carboxylic acids is 2. The number of hydrogen-bond donors (Lipinski definition) is 1. The molecule has 1 aliphatic heterocycles. The van der Waals surface area contributed by atoms with Gasteiger partial charge in [-0.3, -0.25) is 10.1 Å². The first kappa shape index (κ1) is 15.8. The molecule has 0 unspecified atom stereocenters. The van der Waals surface area contributed by atoms with Crippen molar-refractivity contribution in [3.8, 4) is 0 Å². The molecule has 0 aliphatic carbocycles. The maximum absolute atomic E-state index is 11.9. The van der Waals surface area contributed by atoms with Crippen LogP contribution in [0.5, 0.6) is 0 Å². The van der Waals surface area contributed by atoms with Crippen LogP contribution in [0.1, 0.15) is 19.4 Å². The Morgan fingerprint density at radius 1 is 1.27 bits per heavy atom. The maximum Gasteiger partial charge on any atom is 0.352 e. The van der Waals surface area contributed by atoms with Crippen LogP contribution in [0.4, 0.5) is 5.69 Å². The zero-order valence-corrected chi connectivity index (χ0v) is 12.2. The Morgan fingerprint density at radius 2 is 1.82 bits per heavy atom. The minimum Gasteiger partial charge on any atom is -0.506 e. The highest BCUT2D eigenvalue weighted by Crippen LogP contribution is 2.32. The van der Waals surface area contributed by atoms with Crippen LogP contribution in [0.15, 0.2) is 23.8 Å². The number of esters is 2. The van der Waals surface area contributed by atoms with Crippen molar-refractivity contribution in [1.29, 1.82) is 0 Å². The average molecular weight is 328 g/mol. The van der Waals surface area contributed by atoms with E-state index < -0.39 is 39.7 Å². The van der Waals surface area contributed by atoms with Gasteiger partial charge in [-0.1, -0.05) is 11.6 Å². The van der Waals surface area contributed by atoms with Gasteiger partial charge in [0.2, 0.25) is 0 Å². The van der Waals surface area contributed by atoms with Gasteiger partial charge in [-0.2, -0.15) is 0 Å². The highest BCUT2D eigenvalue weighted by molar-refractivity contribution is 6.31. The Balaban J connectivity index is 2.62. The van der Waals surface area contributed by atoms with Crippen molar-refractivity contribution in [2.24, 2.45) is 0 Å². The quantitative estimate of drug-likeness (QED) is 0.221. The molecule has 1 heterocycles. The van der Waals surface area contributed by atoms with Crippen LogP contribution in [0.3, 0.4) is 0 Å². The monoisotopic (exact) mass is 327 g/mol. The Kier molecular flexibility index (Phi) is 3.80. The molecule has 0 amide bonds. The highest BCUT2D eigenvalue weighted by Gasteiger charge is 2.42. The van der Waals surface area contributed by atoms with Crippen molar-refractivity contribution in [3.63, 3.8) is 0 Å². The normalized spacial score (nSPS) is 16.8. The number of halogens is 1. The van der Waals surface area contributed by atoms with Crippen LogP contribution in [0, 0.1) is 10.1 Å². The molecule has 1 aromatic carbocycles. The summed E-state index contributed by atoms with van der Waals surface area (Å²) in [6.45, 7) is 2.66. The highest BCUT2D eigenvalue weighted by atomic mass is 35.5. The Bertz CT molecular complexity index is 701. The molecule has 0 aromatic heterocycles. The van der Waals surface area contributed by atoms with Gasteiger partial charge in [0.1, 0.15) is 0 Å². The molecule has 8 nitrogen and oxygen atoms in total. The molecule has 0 bridgehead atoms. The number of ether oxygens (including phenoxy) is 2. The molecular weight excluding hydrogens is 318 g/mol. The van der Waals surface area contributed by atoms with Crippen LogP contribution in [0.25, 0.3) is 5.76 Å². The molecule has 1 saturated heterocycles. The fourth-order valence-corrected chi connectivity index (χ4v) is 2.01. The molecule has 0 saturated carbocycles. The summed E-state index contributed by atoms with van der Waals surface area (Å²) in [7, 11) is 0. The minimum absolute atomic E-state index is 0.0747. The second-order valence-corrected chi connectivity index (χ2v) is 5.26. The molecule has 22 heavy (non-hydrogen) atoms. The van der Waals surface area contributed by atoms with Gasteiger partial charge in [0.05, 0.1) is 10.5 Å². The predicted octanol–water partition coefficient (Wildman–Crippen LogP) is 2.35. The van der Waals surface area contributed by atoms with Crippen LogP contribution in [0.2, 0.25) is 5.02 Å². The van der Waals surface area contributed by atoms with Gasteiger partial charge in [-0.05, 0) is 12.1 Å². The van der Waals surface area contributed by atoms with Gasteiger partial charge in [0, 0.05) is 24.9 Å². The van der Waals surface area contributed by atoms with Gasteiger partial charge in [-0.25, -0.2) is 9.59 Å². The molecule has 1 aliphatic rings. The van der Waals surface area contributed by atoms with E-state index in [9.17, 15) is 24.8 Å². The topological polar surface area (TPSA) is 116 Å². The summed E-state index contributed by atoms with van der Waals surface area (Å²) in [4.78, 5) is 33.9. The Labute approximate surface area is 129 Å². The fraction of sp³-hybridized carbons (Fsp3) is 0.231. The molecule has 2 rings (SSSR count). The van der Waals surface area contributed by atoms with Gasteiger partial charge in [0.15, 0.2) is 11.3 Å². The fourth-order valence-electron chi connectivity index (χ4n) is 1.84. The van der Waals surface area contributed by atoms with E-state index in [0.29, 0.717) is 0 Å². The van der Waals surface area contributed by atoms with Crippen molar-refractivity contribution in [2.75, 3.05) is 0 Å². The molecule has 1 aromatic rings. The average Bonchev–Trinajstić information content (AvgIpc) is 2.35. The van der Waals surface area contributed by atoms with Crippen LogP contribution in [-0.4, -0.2) is 27.8 Å². The number of carbonyl (C=O) groups is 2. The van der Waals surface area contributed by atoms with Crippen molar-refractivity contribution in [1.82, 2.24) is 0 Å². The van der Waals surface area contributed by atoms with E-state index in [1.54, 1.807) is 0 Å². The van der Waals surface area contributed by atoms with Crippen LogP contribution in [-0.2, 0) is 19.1 Å². The summed E-state index contributed by atoms with van der Waals surface area (Å²) in [5.41, 5.74) is -1.74. The smallest absolute Gasteiger partial charge is 0.352 e. The number of benzene rings is 1. The first-order chi connectivity index (χ1) is 10.1. The molecular formula is C13H10ClNO7. The van der Waals surface area contributed by atoms with Crippen molar-refractivity contribution < 1.29 is 29.1 Å². The van der Waals surface area contributed by atoms with Gasteiger partial charge in [0.25, 0.3) is 11.5 Å². The van der Waals surface area contributed by atoms with Crippen molar-refractivity contribution in [2.45, 2.75) is 19.6 Å². The molecule has 116 valence electrons. The second kappa shape index (κ2) is 5.30. The summed E-state index contributed by atoms with van der Waals surface area (Å²) < 4.78 is 9.65. The molecule has 0 atom stereocenters. The SMILES string of the molecule is CC1(C)OC(=O)C(=C(O)c2cc(Cl)ccc2[N+](=O)[O-])C(=O)O1. The summed E-state index contributed by atoms with van der Waals surface area (Å²) >= 11 is 5.73. The third kappa shape index (κ3) is 2.86. The number of nitrogens with zero attached hydrogens (tertiary/aromatic N) is 1. The lowest BCUT2D eigenvalue weighted by molar-refractivity contribution is -0.385. The lowest BCUT2D eigenvalue weighted by atomic mass is 10.1. The number of hydrogen-bond acceptors (Lipinski definition) is 7. The Hall–Kier alpha value is -2.61. The summed E-state index contributed by atoms with van der Waals surface area (Å²) in [5.74, 6) is -4.71. The Morgan fingerprint density at radius 3 is 2.32 bits per heavy atom. The number of aliphatic hydroxyl groups is 1. The number of cyclic esters (lactones) is 2. The largest absolute Gasteiger partial charge is 0.506 e. The predicted molar refractivity (Wildman–Crippen MR) is 73.9 cm³/mol. The zero-order valence-electron chi connectivity index (χ0n) is 11.5. The van der Waals surface area contributed by atoms with E-state index in [1.165, 1.54) is 19.9 Å². The number of rotatable bonds is 2. The van der Waals surface area contributed by atoms with E-state index in [4.69, 9.17) is 21.1 Å². The van der Waals surface area contributed by atoms with E-state index in [1.807, 2.05) is 0 Å². The number of nitro groups is 1. The van der Waals surface area contributed by atoms with Crippen molar-refractivity contribution >= 4 is 35.0 Å². The molecule has 1 N–H and O–H groups in total. The molecule has 1 fully saturated rings. The van der Waals surface area contributed by atoms with E-state index in [0.717, 1.165) is 12.1 Å². The summed E-state index contributed by atoms with van der Waals surface area (Å²) in [5, 5.41) is 21.2. The van der Waals surface area contributed by atoms with Gasteiger partial charge in [-0.15, -0.1) is 0 Å². The van der Waals surface area contributed by atoms with Crippen LogP contribution >= 0.6 is 11.6 Å². The van der Waals surface area contributed by atoms with Gasteiger partial charge < -0.3 is 14.6 Å². The molecule has 9 heteroatoms. The maximum atomic E-state index is 11.9. The minimum atomic E-state index is -1.49. The summed E-state index contributed by atoms with van der Waals surface area (Å²) in [6, 6.07) is 3.34. The third-order valence-corrected chi connectivity index (χ3v) is 2.97. The van der Waals surface area contributed by atoms with Crippen molar-refractivity contribution in [3.05, 3.63) is 44.5 Å². The van der Waals surface area contributed by atoms with E-state index in [-0.39, 0.29) is 10.6 Å². The standard InChI is InChI=1S/C13H10ClNO7/c1-13(2)21-11(17)9(12(18)22-13)10(16)7-5-6(14)3-4-8(7)15(19)20/h3-5,16H,1-2H3. The number of aliphatic hydroxyl groups excluding tert-OH is 1. The molecule has 0 spiro atoms. The van der Waals surface area contributed by atoms with E-state index >= 15 is 0 Å².